The molecule has 1 aliphatic heterocycles. The van der Waals surface area contributed by atoms with E-state index in [9.17, 15) is 4.79 Å². The van der Waals surface area contributed by atoms with Crippen molar-refractivity contribution in [3.63, 3.8) is 0 Å². The molecule has 0 aliphatic carbocycles. The third-order valence-corrected chi connectivity index (χ3v) is 5.44. The number of nitrogens with one attached hydrogen (secondary N) is 1. The molecule has 4 rings (SSSR count). The van der Waals surface area contributed by atoms with Crippen LogP contribution in [0.2, 0.25) is 0 Å². The van der Waals surface area contributed by atoms with Crippen molar-refractivity contribution >= 4 is 6.08 Å². The molecule has 1 aromatic carbocycles. The average molecular weight is 389 g/mol. The predicted molar refractivity (Wildman–Crippen MR) is 115 cm³/mol. The van der Waals surface area contributed by atoms with E-state index in [-0.39, 0.29) is 5.56 Å². The van der Waals surface area contributed by atoms with Crippen molar-refractivity contribution in [3.8, 4) is 0 Å². The van der Waals surface area contributed by atoms with Crippen LogP contribution in [0.25, 0.3) is 6.08 Å². The van der Waals surface area contributed by atoms with Crippen molar-refractivity contribution in [2.45, 2.75) is 32.1 Å². The van der Waals surface area contributed by atoms with Gasteiger partial charge in [-0.25, -0.2) is 4.98 Å². The normalized spacial score (nSPS) is 16.2. The summed E-state index contributed by atoms with van der Waals surface area (Å²) in [6.07, 6.45) is 6.50. The summed E-state index contributed by atoms with van der Waals surface area (Å²) < 4.78 is 5.40. The van der Waals surface area contributed by atoms with Crippen LogP contribution in [0.3, 0.4) is 0 Å². The largest absolute Gasteiger partial charge is 0.465 e. The molecule has 5 nitrogen and oxygen atoms in total. The van der Waals surface area contributed by atoms with E-state index >= 15 is 0 Å². The molecule has 1 aliphatic rings. The highest BCUT2D eigenvalue weighted by Gasteiger charge is 2.22. The summed E-state index contributed by atoms with van der Waals surface area (Å²) in [6.45, 7) is 5.10. The lowest BCUT2D eigenvalue weighted by molar-refractivity contribution is 0.226. The van der Waals surface area contributed by atoms with Gasteiger partial charge >= 0.3 is 0 Å². The molecule has 0 radical (unpaired) electrons. The number of hydrogen-bond acceptors (Lipinski definition) is 4. The Labute approximate surface area is 171 Å². The number of nitrogens with zero attached hydrogens (tertiary/aromatic N) is 2. The quantitative estimate of drug-likeness (QED) is 0.685. The van der Waals surface area contributed by atoms with Gasteiger partial charge in [-0.05, 0) is 56.6 Å². The van der Waals surface area contributed by atoms with Gasteiger partial charge in [0.2, 0.25) is 0 Å². The van der Waals surface area contributed by atoms with E-state index in [0.29, 0.717) is 12.3 Å². The number of rotatable bonds is 6. The first-order valence-corrected chi connectivity index (χ1v) is 10.2. The van der Waals surface area contributed by atoms with E-state index in [0.717, 1.165) is 55.3 Å². The molecule has 1 fully saturated rings. The van der Waals surface area contributed by atoms with E-state index < -0.39 is 0 Å². The van der Waals surface area contributed by atoms with E-state index in [1.54, 1.807) is 12.3 Å². The second-order valence-electron chi connectivity index (χ2n) is 7.84. The van der Waals surface area contributed by atoms with Crippen LogP contribution in [-0.2, 0) is 6.42 Å². The Kier molecular flexibility index (Phi) is 6.06. The molecule has 0 spiro atoms. The third kappa shape index (κ3) is 5.33. The van der Waals surface area contributed by atoms with Gasteiger partial charge < -0.3 is 9.40 Å². The second-order valence-corrected chi connectivity index (χ2v) is 7.84. The standard InChI is InChI=1S/C24H27N3O2/c1-18(14-21-8-5-13-29-21)17-27-11-9-20(10-12-27)22-16-24(28)26-23(25-22)15-19-6-3-2-4-7-19/h2-8,13-14,16,20H,9-12,15,17H2,1H3,(H,25,26,28)/b18-14+. The zero-order valence-corrected chi connectivity index (χ0v) is 16.8. The Morgan fingerprint density at radius 2 is 2.00 bits per heavy atom. The third-order valence-electron chi connectivity index (χ3n) is 5.44. The van der Waals surface area contributed by atoms with E-state index in [2.05, 4.69) is 35.0 Å². The van der Waals surface area contributed by atoms with Gasteiger partial charge in [-0.15, -0.1) is 0 Å². The maximum absolute atomic E-state index is 12.2. The highest BCUT2D eigenvalue weighted by molar-refractivity contribution is 5.46. The van der Waals surface area contributed by atoms with Gasteiger partial charge in [0.15, 0.2) is 0 Å². The van der Waals surface area contributed by atoms with Gasteiger partial charge in [0.1, 0.15) is 11.6 Å². The first-order valence-electron chi connectivity index (χ1n) is 10.2. The number of piperidine rings is 1. The van der Waals surface area contributed by atoms with Gasteiger partial charge in [-0.1, -0.05) is 35.9 Å². The number of aromatic nitrogens is 2. The van der Waals surface area contributed by atoms with Gasteiger partial charge in [0, 0.05) is 24.9 Å². The fraction of sp³-hybridized carbons (Fsp3) is 0.333. The monoisotopic (exact) mass is 389 g/mol. The number of likely N-dealkylation sites (tertiary alicyclic amines) is 1. The highest BCUT2D eigenvalue weighted by Crippen LogP contribution is 2.26. The lowest BCUT2D eigenvalue weighted by Crippen LogP contribution is -2.34. The molecule has 3 heterocycles. The summed E-state index contributed by atoms with van der Waals surface area (Å²) >= 11 is 0. The van der Waals surface area contributed by atoms with Crippen molar-refractivity contribution in [1.29, 1.82) is 0 Å². The van der Waals surface area contributed by atoms with Crippen molar-refractivity contribution < 1.29 is 4.42 Å². The Morgan fingerprint density at radius 1 is 1.21 bits per heavy atom. The van der Waals surface area contributed by atoms with Crippen LogP contribution in [-0.4, -0.2) is 34.5 Å². The molecule has 0 saturated carbocycles. The molecular weight excluding hydrogens is 362 g/mol. The van der Waals surface area contributed by atoms with Crippen LogP contribution >= 0.6 is 0 Å². The Balaban J connectivity index is 1.37. The lowest BCUT2D eigenvalue weighted by atomic mass is 9.93. The van der Waals surface area contributed by atoms with Crippen LogP contribution in [0, 0.1) is 0 Å². The lowest BCUT2D eigenvalue weighted by Gasteiger charge is -2.31. The summed E-state index contributed by atoms with van der Waals surface area (Å²) in [5.41, 5.74) is 3.32. The second kappa shape index (κ2) is 9.05. The van der Waals surface area contributed by atoms with Crippen molar-refractivity contribution in [3.05, 3.63) is 93.6 Å². The molecule has 150 valence electrons. The van der Waals surface area contributed by atoms with Crippen molar-refractivity contribution in [2.24, 2.45) is 0 Å². The predicted octanol–water partition coefficient (Wildman–Crippen LogP) is 4.24. The van der Waals surface area contributed by atoms with Crippen LogP contribution < -0.4 is 5.56 Å². The van der Waals surface area contributed by atoms with E-state index in [1.165, 1.54) is 5.57 Å². The molecule has 1 N–H and O–H groups in total. The number of hydrogen-bond donors (Lipinski definition) is 1. The minimum absolute atomic E-state index is 0.0550. The minimum Gasteiger partial charge on any atom is -0.465 e. The Morgan fingerprint density at radius 3 is 2.72 bits per heavy atom. The van der Waals surface area contributed by atoms with Gasteiger partial charge in [0.05, 0.1) is 12.0 Å². The molecule has 2 aromatic heterocycles. The number of furan rings is 1. The molecule has 0 amide bonds. The summed E-state index contributed by atoms with van der Waals surface area (Å²) in [5.74, 6) is 1.99. The molecule has 29 heavy (non-hydrogen) atoms. The summed E-state index contributed by atoms with van der Waals surface area (Å²) in [4.78, 5) is 22.3. The minimum atomic E-state index is -0.0550. The van der Waals surface area contributed by atoms with E-state index in [1.807, 2.05) is 30.3 Å². The fourth-order valence-electron chi connectivity index (χ4n) is 4.01. The first-order chi connectivity index (χ1) is 14.2. The van der Waals surface area contributed by atoms with Crippen molar-refractivity contribution in [2.75, 3.05) is 19.6 Å². The molecular formula is C24H27N3O2. The summed E-state index contributed by atoms with van der Waals surface area (Å²) in [7, 11) is 0. The zero-order chi connectivity index (χ0) is 20.1. The van der Waals surface area contributed by atoms with Gasteiger partial charge in [-0.2, -0.15) is 0 Å². The number of aromatic amines is 1. The zero-order valence-electron chi connectivity index (χ0n) is 16.8. The SMILES string of the molecule is C/C(=C\c1ccco1)CN1CCC(c2cc(=O)[nH]c(Cc3ccccc3)n2)CC1. The topological polar surface area (TPSA) is 62.1 Å². The van der Waals surface area contributed by atoms with Gasteiger partial charge in [0.25, 0.3) is 5.56 Å². The average Bonchev–Trinajstić information content (AvgIpc) is 3.22. The fourth-order valence-corrected chi connectivity index (χ4v) is 4.01. The summed E-state index contributed by atoms with van der Waals surface area (Å²) in [5, 5.41) is 0. The molecule has 5 heteroatoms. The molecule has 0 bridgehead atoms. The highest BCUT2D eigenvalue weighted by atomic mass is 16.3. The number of H-pyrrole nitrogens is 1. The van der Waals surface area contributed by atoms with Crippen LogP contribution in [0.1, 0.15) is 48.5 Å². The summed E-state index contributed by atoms with van der Waals surface area (Å²) in [6, 6.07) is 15.7. The Hall–Kier alpha value is -2.92. The first kappa shape index (κ1) is 19.4. The Bertz CT molecular complexity index is 998. The molecule has 0 unspecified atom stereocenters. The van der Waals surface area contributed by atoms with E-state index in [4.69, 9.17) is 9.40 Å². The maximum Gasteiger partial charge on any atom is 0.251 e. The number of benzene rings is 1. The smallest absolute Gasteiger partial charge is 0.251 e. The van der Waals surface area contributed by atoms with Crippen LogP contribution in [0.4, 0.5) is 0 Å². The molecule has 1 saturated heterocycles. The van der Waals surface area contributed by atoms with Crippen molar-refractivity contribution in [1.82, 2.24) is 14.9 Å². The van der Waals surface area contributed by atoms with Crippen LogP contribution in [0.5, 0.6) is 0 Å². The molecule has 3 aromatic rings. The van der Waals surface area contributed by atoms with Gasteiger partial charge in [-0.3, -0.25) is 9.69 Å². The maximum atomic E-state index is 12.2. The molecule has 0 atom stereocenters. The van der Waals surface area contributed by atoms with Crippen LogP contribution in [0.15, 0.2) is 69.6 Å².